The minimum atomic E-state index is -2.44. The Morgan fingerprint density at radius 1 is 1.46 bits per heavy atom. The van der Waals surface area contributed by atoms with Crippen LogP contribution in [0.25, 0.3) is 0 Å². The van der Waals surface area contributed by atoms with Gasteiger partial charge in [0.2, 0.25) is 0 Å². The molecule has 0 saturated heterocycles. The third-order valence-corrected chi connectivity index (χ3v) is 3.27. The lowest BCUT2D eigenvalue weighted by molar-refractivity contribution is 0.145. The van der Waals surface area contributed by atoms with E-state index in [1.54, 1.807) is 6.92 Å². The summed E-state index contributed by atoms with van der Waals surface area (Å²) in [4.78, 5) is 4.59. The Morgan fingerprint density at radius 2 is 2.08 bits per heavy atom. The van der Waals surface area contributed by atoms with Crippen LogP contribution in [0.15, 0.2) is 0 Å². The molecule has 13 heavy (non-hydrogen) atoms. The summed E-state index contributed by atoms with van der Waals surface area (Å²) in [7, 11) is 0. The summed E-state index contributed by atoms with van der Waals surface area (Å²) in [5.74, 6) is 0.190. The topological polar surface area (TPSA) is 12.9 Å². The molecule has 1 nitrogen and oxygen atoms in total. The number of thiazole rings is 1. The normalized spacial score (nSPS) is 13.7. The molecule has 0 aromatic carbocycles. The molecule has 0 N–H and O–H groups in total. The van der Waals surface area contributed by atoms with Gasteiger partial charge in [-0.25, -0.2) is 13.8 Å². The number of aromatic nitrogens is 1. The van der Waals surface area contributed by atoms with Gasteiger partial charge in [0.15, 0.2) is 0 Å². The molecular weight excluding hydrogens is 192 g/mol. The standard InChI is InChI=1S/C9H13F2NS/c1-4-5(2)8-7(9(10)11)12-6(3)13-8/h5,9H,4H2,1-3H3. The number of hydrogen-bond donors (Lipinski definition) is 0. The molecule has 1 atom stereocenters. The number of rotatable bonds is 3. The Balaban J connectivity index is 3.04. The summed E-state index contributed by atoms with van der Waals surface area (Å²) in [6, 6.07) is 0. The first-order chi connectivity index (χ1) is 6.06. The molecule has 1 rings (SSSR count). The van der Waals surface area contributed by atoms with Crippen LogP contribution < -0.4 is 0 Å². The third kappa shape index (κ3) is 2.24. The summed E-state index contributed by atoms with van der Waals surface area (Å²) in [6.45, 7) is 5.72. The van der Waals surface area contributed by atoms with Crippen LogP contribution in [0.2, 0.25) is 0 Å². The molecule has 1 aromatic rings. The zero-order valence-corrected chi connectivity index (χ0v) is 8.79. The van der Waals surface area contributed by atoms with Crippen LogP contribution in [-0.2, 0) is 0 Å². The fourth-order valence-corrected chi connectivity index (χ4v) is 2.22. The molecule has 0 aliphatic heterocycles. The molecule has 1 unspecified atom stereocenters. The monoisotopic (exact) mass is 205 g/mol. The second-order valence-electron chi connectivity index (χ2n) is 3.09. The van der Waals surface area contributed by atoms with E-state index < -0.39 is 6.43 Å². The maximum Gasteiger partial charge on any atom is 0.281 e. The molecule has 4 heteroatoms. The van der Waals surface area contributed by atoms with Crippen molar-refractivity contribution in [1.82, 2.24) is 4.98 Å². The summed E-state index contributed by atoms with van der Waals surface area (Å²) in [5, 5.41) is 0.727. The van der Waals surface area contributed by atoms with E-state index in [9.17, 15) is 8.78 Å². The van der Waals surface area contributed by atoms with E-state index in [1.807, 2.05) is 13.8 Å². The Kier molecular flexibility index (Phi) is 3.36. The third-order valence-electron chi connectivity index (χ3n) is 2.05. The average molecular weight is 205 g/mol. The SMILES string of the molecule is CCC(C)c1sc(C)nc1C(F)F. The van der Waals surface area contributed by atoms with Crippen molar-refractivity contribution in [3.05, 3.63) is 15.6 Å². The highest BCUT2D eigenvalue weighted by atomic mass is 32.1. The van der Waals surface area contributed by atoms with Crippen molar-refractivity contribution in [2.45, 2.75) is 39.5 Å². The van der Waals surface area contributed by atoms with Crippen LogP contribution in [0.5, 0.6) is 0 Å². The second kappa shape index (κ2) is 4.13. The van der Waals surface area contributed by atoms with E-state index in [1.165, 1.54) is 11.3 Å². The van der Waals surface area contributed by atoms with Gasteiger partial charge >= 0.3 is 0 Å². The van der Waals surface area contributed by atoms with E-state index in [4.69, 9.17) is 0 Å². The molecule has 0 spiro atoms. The van der Waals surface area contributed by atoms with Crippen molar-refractivity contribution in [2.75, 3.05) is 0 Å². The van der Waals surface area contributed by atoms with E-state index in [0.717, 1.165) is 16.3 Å². The van der Waals surface area contributed by atoms with Crippen molar-refractivity contribution in [3.63, 3.8) is 0 Å². The Hall–Kier alpha value is -0.510. The van der Waals surface area contributed by atoms with Crippen LogP contribution in [0.3, 0.4) is 0 Å². The van der Waals surface area contributed by atoms with E-state index in [0.29, 0.717) is 0 Å². The number of aryl methyl sites for hydroxylation is 1. The van der Waals surface area contributed by atoms with Gasteiger partial charge in [-0.15, -0.1) is 11.3 Å². The minimum absolute atomic E-state index is 0.0168. The summed E-state index contributed by atoms with van der Waals surface area (Å²) >= 11 is 1.38. The van der Waals surface area contributed by atoms with Crippen LogP contribution in [-0.4, -0.2) is 4.98 Å². The Morgan fingerprint density at radius 3 is 2.54 bits per heavy atom. The highest BCUT2D eigenvalue weighted by Crippen LogP contribution is 2.33. The summed E-state index contributed by atoms with van der Waals surface area (Å²) < 4.78 is 25.0. The lowest BCUT2D eigenvalue weighted by Crippen LogP contribution is -1.95. The van der Waals surface area contributed by atoms with Gasteiger partial charge in [0, 0.05) is 4.88 Å². The predicted molar refractivity (Wildman–Crippen MR) is 50.5 cm³/mol. The lowest BCUT2D eigenvalue weighted by Gasteiger charge is -2.06. The highest BCUT2D eigenvalue weighted by Gasteiger charge is 2.21. The molecule has 74 valence electrons. The van der Waals surface area contributed by atoms with Crippen molar-refractivity contribution in [1.29, 1.82) is 0 Å². The van der Waals surface area contributed by atoms with E-state index in [-0.39, 0.29) is 11.6 Å². The number of hydrogen-bond acceptors (Lipinski definition) is 2. The molecule has 1 heterocycles. The fourth-order valence-electron chi connectivity index (χ4n) is 1.15. The molecular formula is C9H13F2NS. The van der Waals surface area contributed by atoms with Gasteiger partial charge in [-0.05, 0) is 19.3 Å². The first-order valence-electron chi connectivity index (χ1n) is 4.31. The molecule has 0 aliphatic rings. The number of alkyl halides is 2. The number of nitrogens with zero attached hydrogens (tertiary/aromatic N) is 1. The molecule has 1 aromatic heterocycles. The Bertz CT molecular complexity index is 283. The summed E-state index contributed by atoms with van der Waals surface area (Å²) in [5.41, 5.74) is -0.0168. The van der Waals surface area contributed by atoms with Crippen LogP contribution in [0, 0.1) is 6.92 Å². The highest BCUT2D eigenvalue weighted by molar-refractivity contribution is 7.11. The van der Waals surface area contributed by atoms with Gasteiger partial charge in [0.25, 0.3) is 6.43 Å². The molecule has 0 amide bonds. The van der Waals surface area contributed by atoms with Gasteiger partial charge < -0.3 is 0 Å². The van der Waals surface area contributed by atoms with E-state index in [2.05, 4.69) is 4.98 Å². The molecule has 0 aliphatic carbocycles. The van der Waals surface area contributed by atoms with Gasteiger partial charge in [0.1, 0.15) is 5.69 Å². The van der Waals surface area contributed by atoms with Crippen LogP contribution in [0.1, 0.15) is 48.2 Å². The smallest absolute Gasteiger partial charge is 0.240 e. The minimum Gasteiger partial charge on any atom is -0.240 e. The largest absolute Gasteiger partial charge is 0.281 e. The second-order valence-corrected chi connectivity index (χ2v) is 4.33. The maximum absolute atomic E-state index is 12.5. The zero-order valence-electron chi connectivity index (χ0n) is 7.97. The number of halogens is 2. The molecule has 0 bridgehead atoms. The zero-order chi connectivity index (χ0) is 10.0. The van der Waals surface area contributed by atoms with Crippen molar-refractivity contribution in [3.8, 4) is 0 Å². The Labute approximate surface area is 80.8 Å². The van der Waals surface area contributed by atoms with E-state index >= 15 is 0 Å². The maximum atomic E-state index is 12.5. The first-order valence-corrected chi connectivity index (χ1v) is 5.13. The first kappa shape index (κ1) is 10.6. The van der Waals surface area contributed by atoms with Gasteiger partial charge in [-0.2, -0.15) is 0 Å². The van der Waals surface area contributed by atoms with Crippen molar-refractivity contribution >= 4 is 11.3 Å². The molecule has 0 radical (unpaired) electrons. The van der Waals surface area contributed by atoms with Gasteiger partial charge in [-0.1, -0.05) is 13.8 Å². The quantitative estimate of drug-likeness (QED) is 0.729. The predicted octanol–water partition coefficient (Wildman–Crippen LogP) is 3.90. The van der Waals surface area contributed by atoms with Gasteiger partial charge in [0.05, 0.1) is 5.01 Å². The average Bonchev–Trinajstić information content (AvgIpc) is 2.46. The van der Waals surface area contributed by atoms with Gasteiger partial charge in [-0.3, -0.25) is 0 Å². The van der Waals surface area contributed by atoms with Crippen molar-refractivity contribution < 1.29 is 8.78 Å². The van der Waals surface area contributed by atoms with Crippen LogP contribution in [0.4, 0.5) is 8.78 Å². The van der Waals surface area contributed by atoms with Crippen molar-refractivity contribution in [2.24, 2.45) is 0 Å². The van der Waals surface area contributed by atoms with Crippen LogP contribution >= 0.6 is 11.3 Å². The fraction of sp³-hybridized carbons (Fsp3) is 0.667. The lowest BCUT2D eigenvalue weighted by atomic mass is 10.1. The summed E-state index contributed by atoms with van der Waals surface area (Å²) in [6.07, 6.45) is -1.56. The molecule has 0 fully saturated rings. The molecule has 0 saturated carbocycles.